The van der Waals surface area contributed by atoms with E-state index in [9.17, 15) is 9.59 Å². The van der Waals surface area contributed by atoms with E-state index in [-0.39, 0.29) is 23.3 Å². The molecule has 0 aromatic carbocycles. The Morgan fingerprint density at radius 3 is 2.90 bits per heavy atom. The lowest BCUT2D eigenvalue weighted by Gasteiger charge is -2.28. The van der Waals surface area contributed by atoms with Crippen molar-refractivity contribution in [2.24, 2.45) is 5.92 Å². The summed E-state index contributed by atoms with van der Waals surface area (Å²) in [6.45, 7) is 5.04. The number of carboxylic acids is 1. The predicted octanol–water partition coefficient (Wildman–Crippen LogP) is 3.02. The molecule has 0 bridgehead atoms. The van der Waals surface area contributed by atoms with Gasteiger partial charge in [-0.15, -0.1) is 0 Å². The molecule has 1 N–H and O–H groups in total. The molecule has 1 aliphatic heterocycles. The van der Waals surface area contributed by atoms with Crippen molar-refractivity contribution in [2.75, 3.05) is 6.54 Å². The molecule has 5 heteroatoms. The monoisotopic (exact) mass is 279 g/mol. The van der Waals surface area contributed by atoms with Crippen LogP contribution in [0.25, 0.3) is 0 Å². The molecule has 1 fully saturated rings. The molecule has 2 rings (SSSR count). The molecule has 20 heavy (non-hydrogen) atoms. The molecule has 0 saturated carbocycles. The van der Waals surface area contributed by atoms with Crippen molar-refractivity contribution in [3.05, 3.63) is 23.7 Å². The van der Waals surface area contributed by atoms with E-state index in [1.54, 1.807) is 0 Å². The zero-order chi connectivity index (χ0) is 14.7. The average molecular weight is 279 g/mol. The minimum Gasteiger partial charge on any atom is -0.478 e. The van der Waals surface area contributed by atoms with Crippen LogP contribution in [0.4, 0.5) is 0 Å². The minimum atomic E-state index is -1.08. The van der Waals surface area contributed by atoms with Gasteiger partial charge in [0.1, 0.15) is 6.26 Å². The maximum Gasteiger partial charge on any atom is 0.338 e. The molecule has 2 unspecified atom stereocenters. The van der Waals surface area contributed by atoms with E-state index in [0.717, 1.165) is 38.5 Å². The topological polar surface area (TPSA) is 70.8 Å². The zero-order valence-electron chi connectivity index (χ0n) is 12.0. The van der Waals surface area contributed by atoms with Crippen LogP contribution in [0.1, 0.15) is 60.4 Å². The van der Waals surface area contributed by atoms with Crippen LogP contribution in [-0.2, 0) is 0 Å². The van der Waals surface area contributed by atoms with Gasteiger partial charge in [-0.1, -0.05) is 20.3 Å². The highest BCUT2D eigenvalue weighted by molar-refractivity contribution is 5.95. The fraction of sp³-hybridized carbons (Fsp3) is 0.600. The molecule has 110 valence electrons. The molecule has 0 aliphatic carbocycles. The van der Waals surface area contributed by atoms with Crippen LogP contribution >= 0.6 is 0 Å². The second-order valence-electron chi connectivity index (χ2n) is 5.48. The first kappa shape index (κ1) is 14.6. The molecular formula is C15H21NO4. The first-order valence-electron chi connectivity index (χ1n) is 7.17. The summed E-state index contributed by atoms with van der Waals surface area (Å²) in [5.74, 6) is -0.688. The van der Waals surface area contributed by atoms with Crippen molar-refractivity contribution in [1.29, 1.82) is 0 Å². The SMILES string of the molecule is CCCC(C)C1CCCN1C(=O)c1cc(C(=O)O)co1. The third-order valence-electron chi connectivity index (χ3n) is 4.02. The van der Waals surface area contributed by atoms with Crippen LogP contribution in [-0.4, -0.2) is 34.5 Å². The van der Waals surface area contributed by atoms with Crippen LogP contribution in [0.15, 0.2) is 16.7 Å². The quantitative estimate of drug-likeness (QED) is 0.899. The highest BCUT2D eigenvalue weighted by Gasteiger charge is 2.34. The van der Waals surface area contributed by atoms with Gasteiger partial charge in [0.15, 0.2) is 5.76 Å². The van der Waals surface area contributed by atoms with Gasteiger partial charge in [0, 0.05) is 18.7 Å². The van der Waals surface area contributed by atoms with Crippen LogP contribution < -0.4 is 0 Å². The normalized spacial score (nSPS) is 20.1. The summed E-state index contributed by atoms with van der Waals surface area (Å²) < 4.78 is 5.12. The summed E-state index contributed by atoms with van der Waals surface area (Å²) >= 11 is 0. The summed E-state index contributed by atoms with van der Waals surface area (Å²) in [6.07, 6.45) is 5.32. The molecule has 1 aliphatic rings. The highest BCUT2D eigenvalue weighted by atomic mass is 16.4. The van der Waals surface area contributed by atoms with E-state index in [0.29, 0.717) is 5.92 Å². The molecule has 2 atom stereocenters. The summed E-state index contributed by atoms with van der Waals surface area (Å²) in [5, 5.41) is 8.87. The van der Waals surface area contributed by atoms with E-state index < -0.39 is 5.97 Å². The number of carbonyl (C=O) groups is 2. The number of rotatable bonds is 5. The molecule has 1 amide bonds. The Labute approximate surface area is 118 Å². The summed E-state index contributed by atoms with van der Waals surface area (Å²) in [5.41, 5.74) is 0.0192. The second kappa shape index (κ2) is 6.11. The fourth-order valence-corrected chi connectivity index (χ4v) is 2.99. The van der Waals surface area contributed by atoms with Gasteiger partial charge in [-0.25, -0.2) is 4.79 Å². The fourth-order valence-electron chi connectivity index (χ4n) is 2.99. The van der Waals surface area contributed by atoms with Gasteiger partial charge in [-0.05, 0) is 25.2 Å². The van der Waals surface area contributed by atoms with Crippen molar-refractivity contribution < 1.29 is 19.1 Å². The first-order chi connectivity index (χ1) is 9.54. The van der Waals surface area contributed by atoms with Crippen LogP contribution in [0.5, 0.6) is 0 Å². The van der Waals surface area contributed by atoms with Crippen LogP contribution in [0.3, 0.4) is 0 Å². The zero-order valence-corrected chi connectivity index (χ0v) is 12.0. The van der Waals surface area contributed by atoms with Gasteiger partial charge in [0.25, 0.3) is 5.91 Å². The van der Waals surface area contributed by atoms with Gasteiger partial charge >= 0.3 is 5.97 Å². The number of carbonyl (C=O) groups excluding carboxylic acids is 1. The number of aromatic carboxylic acids is 1. The molecule has 5 nitrogen and oxygen atoms in total. The van der Waals surface area contributed by atoms with Crippen molar-refractivity contribution >= 4 is 11.9 Å². The Balaban J connectivity index is 2.12. The van der Waals surface area contributed by atoms with Gasteiger partial charge in [0.05, 0.1) is 5.56 Å². The Bertz CT molecular complexity index is 494. The standard InChI is InChI=1S/C15H21NO4/c1-3-5-10(2)12-6-4-7-16(12)14(17)13-8-11(9-20-13)15(18)19/h8-10,12H,3-7H2,1-2H3,(H,18,19). The Morgan fingerprint density at radius 1 is 1.55 bits per heavy atom. The number of furan rings is 1. The molecule has 1 aromatic heterocycles. The molecule has 2 heterocycles. The number of amides is 1. The lowest BCUT2D eigenvalue weighted by atomic mass is 9.95. The molecule has 1 aromatic rings. The van der Waals surface area contributed by atoms with Gasteiger partial charge < -0.3 is 14.4 Å². The third kappa shape index (κ3) is 2.86. The highest BCUT2D eigenvalue weighted by Crippen LogP contribution is 2.28. The van der Waals surface area contributed by atoms with E-state index in [2.05, 4.69) is 13.8 Å². The smallest absolute Gasteiger partial charge is 0.338 e. The van der Waals surface area contributed by atoms with Crippen molar-refractivity contribution in [3.63, 3.8) is 0 Å². The average Bonchev–Trinajstić information content (AvgIpc) is 3.07. The number of carboxylic acid groups (broad SMARTS) is 1. The molecular weight excluding hydrogens is 258 g/mol. The Kier molecular flexibility index (Phi) is 4.47. The Hall–Kier alpha value is -1.78. The largest absolute Gasteiger partial charge is 0.478 e. The van der Waals surface area contributed by atoms with Crippen LogP contribution in [0.2, 0.25) is 0 Å². The van der Waals surface area contributed by atoms with Gasteiger partial charge in [0.2, 0.25) is 0 Å². The lowest BCUT2D eigenvalue weighted by molar-refractivity contribution is 0.0655. The van der Waals surface area contributed by atoms with E-state index in [1.807, 2.05) is 4.90 Å². The van der Waals surface area contributed by atoms with Crippen LogP contribution in [0, 0.1) is 5.92 Å². The number of likely N-dealkylation sites (tertiary alicyclic amines) is 1. The summed E-state index contributed by atoms with van der Waals surface area (Å²) in [4.78, 5) is 25.1. The molecule has 0 spiro atoms. The third-order valence-corrected chi connectivity index (χ3v) is 4.02. The maximum atomic E-state index is 12.4. The van der Waals surface area contributed by atoms with Crippen molar-refractivity contribution in [2.45, 2.75) is 45.6 Å². The minimum absolute atomic E-state index is 0.0192. The van der Waals surface area contributed by atoms with E-state index in [4.69, 9.17) is 9.52 Å². The number of hydrogen-bond acceptors (Lipinski definition) is 3. The second-order valence-corrected chi connectivity index (χ2v) is 5.48. The van der Waals surface area contributed by atoms with Crippen molar-refractivity contribution in [1.82, 2.24) is 4.90 Å². The number of hydrogen-bond donors (Lipinski definition) is 1. The molecule has 1 saturated heterocycles. The lowest BCUT2D eigenvalue weighted by Crippen LogP contribution is -2.39. The van der Waals surface area contributed by atoms with E-state index in [1.165, 1.54) is 6.07 Å². The van der Waals surface area contributed by atoms with E-state index >= 15 is 0 Å². The summed E-state index contributed by atoms with van der Waals surface area (Å²) in [7, 11) is 0. The van der Waals surface area contributed by atoms with Crippen molar-refractivity contribution in [3.8, 4) is 0 Å². The molecule has 0 radical (unpaired) electrons. The van der Waals surface area contributed by atoms with Gasteiger partial charge in [-0.3, -0.25) is 4.79 Å². The first-order valence-corrected chi connectivity index (χ1v) is 7.17. The number of nitrogens with zero attached hydrogens (tertiary/aromatic N) is 1. The maximum absolute atomic E-state index is 12.4. The van der Waals surface area contributed by atoms with Gasteiger partial charge in [-0.2, -0.15) is 0 Å². The Morgan fingerprint density at radius 2 is 2.30 bits per heavy atom. The summed E-state index contributed by atoms with van der Waals surface area (Å²) in [6, 6.07) is 1.55. The predicted molar refractivity (Wildman–Crippen MR) is 73.8 cm³/mol.